The van der Waals surface area contributed by atoms with Crippen molar-refractivity contribution in [1.82, 2.24) is 18.3 Å². The molecule has 4 heterocycles. The van der Waals surface area contributed by atoms with Crippen LogP contribution >= 0.6 is 0 Å². The van der Waals surface area contributed by atoms with Gasteiger partial charge >= 0.3 is 0 Å². The number of para-hydroxylation sites is 2. The third kappa shape index (κ3) is 8.22. The van der Waals surface area contributed by atoms with Gasteiger partial charge in [-0.05, 0) is 120 Å². The number of benzene rings is 11. The number of nitro groups is 4. The molecule has 4 aromatic heterocycles. The highest BCUT2D eigenvalue weighted by atomic mass is 16.6. The molecule has 0 amide bonds. The van der Waals surface area contributed by atoms with Crippen LogP contribution in [0.4, 0.5) is 22.7 Å². The minimum absolute atomic E-state index is 0.0781. The molecule has 16 nitrogen and oxygen atoms in total. The van der Waals surface area contributed by atoms with E-state index in [2.05, 4.69) is 102 Å². The van der Waals surface area contributed by atoms with Crippen LogP contribution in [-0.2, 0) is 0 Å². The second kappa shape index (κ2) is 19.9. The monoisotopic (exact) mass is 1170 g/mol. The Morgan fingerprint density at radius 1 is 0.303 bits per heavy atom. The van der Waals surface area contributed by atoms with Gasteiger partial charge in [0.2, 0.25) is 6.71 Å². The summed E-state index contributed by atoms with van der Waals surface area (Å²) in [5, 5.41) is 56.1. The van der Waals surface area contributed by atoms with Gasteiger partial charge in [-0.15, -0.1) is 0 Å². The third-order valence-electron chi connectivity index (χ3n) is 17.9. The molecule has 0 saturated heterocycles. The fourth-order valence-corrected chi connectivity index (χ4v) is 14.7. The average molecular weight is 1170 g/mol. The first kappa shape index (κ1) is 54.0. The Hall–Kier alpha value is -11.7. The summed E-state index contributed by atoms with van der Waals surface area (Å²) in [6.07, 6.45) is 0. The molecule has 15 aromatic rings. The van der Waals surface area contributed by atoms with Crippen LogP contribution in [-0.4, -0.2) is 44.7 Å². The SMILES string of the molecule is Cc1cc(C)c(B(c2cc(-n3c4ccc([N+](=O)[O-])cc4c4c3ccc3c5cc([N+](=O)[O-])ccc5n(-c5ccccc5)c34)cc(-n3c4ccc([N+](=O)[O-])cc4c4c3ccc3c5cc([N+](=O)[O-])ccc5n(-c5ccccc5)c34)c2)c2c(C)cc(C)cc2C)c(C)c1. The summed E-state index contributed by atoms with van der Waals surface area (Å²) in [7, 11) is 0. The number of nitro benzene ring substituents is 4. The van der Waals surface area contributed by atoms with Gasteiger partial charge in [0.25, 0.3) is 22.7 Å². The lowest BCUT2D eigenvalue weighted by molar-refractivity contribution is -0.384. The maximum absolute atomic E-state index is 13.0. The van der Waals surface area contributed by atoms with Gasteiger partial charge < -0.3 is 18.3 Å². The Labute approximate surface area is 507 Å². The minimum atomic E-state index is -0.409. The first-order valence-electron chi connectivity index (χ1n) is 29.0. The summed E-state index contributed by atoms with van der Waals surface area (Å²) < 4.78 is 8.45. The summed E-state index contributed by atoms with van der Waals surface area (Å²) in [5.74, 6) is 0. The Balaban J connectivity index is 1.14. The van der Waals surface area contributed by atoms with E-state index >= 15 is 0 Å². The van der Waals surface area contributed by atoms with Crippen LogP contribution in [0.25, 0.3) is 110 Å². The van der Waals surface area contributed by atoms with Crippen molar-refractivity contribution in [3.8, 4) is 22.7 Å². The van der Waals surface area contributed by atoms with Crippen LogP contribution in [0, 0.1) is 82.0 Å². The molecule has 430 valence electrons. The lowest BCUT2D eigenvalue weighted by Gasteiger charge is -2.26. The van der Waals surface area contributed by atoms with Crippen molar-refractivity contribution in [2.24, 2.45) is 0 Å². The molecule has 17 heteroatoms. The van der Waals surface area contributed by atoms with E-state index in [9.17, 15) is 40.5 Å². The van der Waals surface area contributed by atoms with Crippen LogP contribution in [0.3, 0.4) is 0 Å². The highest BCUT2D eigenvalue weighted by Gasteiger charge is 2.32. The summed E-state index contributed by atoms with van der Waals surface area (Å²) >= 11 is 0. The molecular formula is C72H51BN8O8. The van der Waals surface area contributed by atoms with Gasteiger partial charge in [-0.1, -0.05) is 123 Å². The number of nitrogens with zero attached hydrogens (tertiary/aromatic N) is 8. The molecule has 11 aromatic carbocycles. The number of rotatable bonds is 11. The Bertz CT molecular complexity index is 5280. The van der Waals surface area contributed by atoms with E-state index in [1.165, 1.54) is 24.3 Å². The highest BCUT2D eigenvalue weighted by Crippen LogP contribution is 2.46. The first-order valence-corrected chi connectivity index (χ1v) is 29.0. The molecule has 89 heavy (non-hydrogen) atoms. The molecule has 0 bridgehead atoms. The van der Waals surface area contributed by atoms with E-state index in [0.29, 0.717) is 98.6 Å². The van der Waals surface area contributed by atoms with Gasteiger partial charge in [0, 0.05) is 114 Å². The van der Waals surface area contributed by atoms with Gasteiger partial charge in [-0.2, -0.15) is 0 Å². The summed E-state index contributed by atoms with van der Waals surface area (Å²) in [5.41, 5.74) is 17.9. The van der Waals surface area contributed by atoms with E-state index in [0.717, 1.165) is 61.1 Å². The van der Waals surface area contributed by atoms with Crippen LogP contribution in [0.2, 0.25) is 0 Å². The zero-order chi connectivity index (χ0) is 61.6. The van der Waals surface area contributed by atoms with Crippen molar-refractivity contribution < 1.29 is 19.7 Å². The smallest absolute Gasteiger partial charge is 0.270 e. The van der Waals surface area contributed by atoms with Crippen LogP contribution in [0.15, 0.2) is 200 Å². The van der Waals surface area contributed by atoms with E-state index in [1.807, 2.05) is 84.9 Å². The van der Waals surface area contributed by atoms with Gasteiger partial charge in [0.15, 0.2) is 0 Å². The van der Waals surface area contributed by atoms with Crippen LogP contribution in [0.1, 0.15) is 33.4 Å². The maximum Gasteiger partial charge on any atom is 0.270 e. The number of non-ortho nitro benzene ring substituents is 4. The van der Waals surface area contributed by atoms with Crippen molar-refractivity contribution in [3.05, 3.63) is 274 Å². The molecule has 0 aliphatic rings. The van der Waals surface area contributed by atoms with E-state index in [-0.39, 0.29) is 29.5 Å². The largest absolute Gasteiger partial charge is 0.309 e. The minimum Gasteiger partial charge on any atom is -0.309 e. The van der Waals surface area contributed by atoms with Gasteiger partial charge in [0.05, 0.1) is 63.8 Å². The number of hydrogen-bond acceptors (Lipinski definition) is 8. The van der Waals surface area contributed by atoms with E-state index in [1.54, 1.807) is 48.5 Å². The maximum atomic E-state index is 13.0. The molecule has 0 atom stereocenters. The molecule has 0 spiro atoms. The molecule has 15 rings (SSSR count). The molecule has 0 fully saturated rings. The fourth-order valence-electron chi connectivity index (χ4n) is 14.7. The number of aryl methyl sites for hydroxylation is 6. The number of fused-ring (bicyclic) bond motifs is 14. The lowest BCUT2D eigenvalue weighted by Crippen LogP contribution is -2.56. The Morgan fingerprint density at radius 3 is 0.955 bits per heavy atom. The predicted octanol–water partition coefficient (Wildman–Crippen LogP) is 16.1. The Morgan fingerprint density at radius 2 is 0.618 bits per heavy atom. The van der Waals surface area contributed by atoms with Gasteiger partial charge in [-0.25, -0.2) is 0 Å². The van der Waals surface area contributed by atoms with Crippen molar-refractivity contribution in [2.75, 3.05) is 0 Å². The Kier molecular flexibility index (Phi) is 12.1. The lowest BCUT2D eigenvalue weighted by atomic mass is 9.34. The van der Waals surface area contributed by atoms with E-state index in [4.69, 9.17) is 0 Å². The van der Waals surface area contributed by atoms with Crippen molar-refractivity contribution >= 4 is 133 Å². The molecular weight excluding hydrogens is 1120 g/mol. The van der Waals surface area contributed by atoms with Crippen molar-refractivity contribution in [3.63, 3.8) is 0 Å². The quantitative estimate of drug-likeness (QED) is 0.0693. The van der Waals surface area contributed by atoms with Gasteiger partial charge in [-0.3, -0.25) is 40.5 Å². The summed E-state index contributed by atoms with van der Waals surface area (Å²) in [4.78, 5) is 49.2. The van der Waals surface area contributed by atoms with Crippen molar-refractivity contribution in [2.45, 2.75) is 41.5 Å². The topological polar surface area (TPSA) is 192 Å². The molecule has 0 aliphatic heterocycles. The molecule has 0 aliphatic carbocycles. The molecule has 0 unspecified atom stereocenters. The average Bonchev–Trinajstić information content (AvgIpc) is 1.57. The second-order valence-electron chi connectivity index (χ2n) is 23.4. The molecule has 0 radical (unpaired) electrons. The molecule has 0 saturated carbocycles. The summed E-state index contributed by atoms with van der Waals surface area (Å²) in [6, 6.07) is 62.3. The highest BCUT2D eigenvalue weighted by molar-refractivity contribution is 6.96. The van der Waals surface area contributed by atoms with Gasteiger partial charge in [0.1, 0.15) is 0 Å². The number of aromatic nitrogens is 4. The normalized spacial score (nSPS) is 11.8. The third-order valence-corrected chi connectivity index (χ3v) is 17.9. The van der Waals surface area contributed by atoms with Crippen LogP contribution in [0.5, 0.6) is 0 Å². The van der Waals surface area contributed by atoms with Crippen molar-refractivity contribution in [1.29, 1.82) is 0 Å². The fraction of sp³-hybridized carbons (Fsp3) is 0.0833. The summed E-state index contributed by atoms with van der Waals surface area (Å²) in [6.45, 7) is 12.4. The van der Waals surface area contributed by atoms with E-state index < -0.39 is 19.7 Å². The standard InChI is InChI=1S/C72H51BN8O8/c1-40-29-42(3)69(43(4)30-40)73(70-44(5)31-41(2)32-45(70)6)46-33-53(74-63-25-19-51(80(86)87)38-59(63)67-65(74)27-21-55-57-36-49(78(82)83)17-23-61(57)76(71(55)67)47-13-9-7-10-14-47)35-54(34-46)75-64-26-20-52(81(88)89)39-60(64)68-66(75)28-22-56-58-37-50(79(84)85)18-24-62(58)77(72(56)68)48-15-11-8-12-16-48/h7-39H,1-6H3. The zero-order valence-corrected chi connectivity index (χ0v) is 49.0. The second-order valence-corrected chi connectivity index (χ2v) is 23.4. The molecule has 0 N–H and O–H groups in total. The first-order chi connectivity index (χ1) is 42.9. The number of hydrogen-bond donors (Lipinski definition) is 0. The zero-order valence-electron chi connectivity index (χ0n) is 49.0. The van der Waals surface area contributed by atoms with Crippen LogP contribution < -0.4 is 16.4 Å². The predicted molar refractivity (Wildman–Crippen MR) is 356 cm³/mol.